The molecule has 13 heavy (non-hydrogen) atoms. The van der Waals surface area contributed by atoms with Crippen LogP contribution in [0.5, 0.6) is 0 Å². The van der Waals surface area contributed by atoms with Gasteiger partial charge in [0.2, 0.25) is 5.76 Å². The molecule has 0 radical (unpaired) electrons. The Bertz CT molecular complexity index is 280. The van der Waals surface area contributed by atoms with Crippen molar-refractivity contribution in [1.29, 1.82) is 0 Å². The number of esters is 1. The Morgan fingerprint density at radius 2 is 2.38 bits per heavy atom. The molecule has 1 aromatic rings. The van der Waals surface area contributed by atoms with Crippen LogP contribution in [0.15, 0.2) is 16.5 Å². The van der Waals surface area contributed by atoms with E-state index in [1.165, 1.54) is 0 Å². The van der Waals surface area contributed by atoms with Crippen molar-refractivity contribution in [2.24, 2.45) is 0 Å². The fourth-order valence-corrected chi connectivity index (χ4v) is 1.10. The first-order valence-electron chi connectivity index (χ1n) is 4.09. The van der Waals surface area contributed by atoms with E-state index >= 15 is 0 Å². The Morgan fingerprint density at radius 1 is 1.62 bits per heavy atom. The van der Waals surface area contributed by atoms with Crippen molar-refractivity contribution in [3.05, 3.63) is 23.7 Å². The molecular formula is C9H11ClO3. The number of hydrogen-bond donors (Lipinski definition) is 0. The zero-order valence-electron chi connectivity index (χ0n) is 7.38. The molecule has 0 N–H and O–H groups in total. The third kappa shape index (κ3) is 2.77. The summed E-state index contributed by atoms with van der Waals surface area (Å²) in [6.45, 7) is 2.10. The fourth-order valence-electron chi connectivity index (χ4n) is 0.917. The van der Waals surface area contributed by atoms with Gasteiger partial charge in [0.25, 0.3) is 0 Å². The van der Waals surface area contributed by atoms with Gasteiger partial charge in [0.1, 0.15) is 5.76 Å². The van der Waals surface area contributed by atoms with Crippen LogP contribution in [0.4, 0.5) is 0 Å². The van der Waals surface area contributed by atoms with Crippen molar-refractivity contribution in [2.75, 3.05) is 12.5 Å². The van der Waals surface area contributed by atoms with Crippen LogP contribution in [0.3, 0.4) is 0 Å². The molecule has 0 saturated carbocycles. The highest BCUT2D eigenvalue weighted by Gasteiger charge is 2.11. The molecule has 0 spiro atoms. The minimum atomic E-state index is -0.427. The molecule has 1 rings (SSSR count). The van der Waals surface area contributed by atoms with Crippen LogP contribution < -0.4 is 0 Å². The third-order valence-electron chi connectivity index (χ3n) is 1.48. The Balaban J connectivity index is 2.62. The van der Waals surface area contributed by atoms with Crippen molar-refractivity contribution in [1.82, 2.24) is 0 Å². The van der Waals surface area contributed by atoms with Gasteiger partial charge in [-0.25, -0.2) is 4.79 Å². The molecule has 0 unspecified atom stereocenters. The smallest absolute Gasteiger partial charge is 0.374 e. The molecular weight excluding hydrogens is 192 g/mol. The second kappa shape index (κ2) is 4.92. The summed E-state index contributed by atoms with van der Waals surface area (Å²) in [6, 6.07) is 3.33. The molecule has 0 aliphatic carbocycles. The van der Waals surface area contributed by atoms with Crippen molar-refractivity contribution in [3.8, 4) is 0 Å². The Morgan fingerprint density at radius 3 is 3.00 bits per heavy atom. The van der Waals surface area contributed by atoms with Gasteiger partial charge < -0.3 is 9.15 Å². The summed E-state index contributed by atoms with van der Waals surface area (Å²) in [5.74, 6) is 0.999. The lowest BCUT2D eigenvalue weighted by Gasteiger charge is -1.96. The highest BCUT2D eigenvalue weighted by molar-refractivity contribution is 6.17. The molecule has 0 saturated heterocycles. The number of carbonyl (C=O) groups is 1. The summed E-state index contributed by atoms with van der Waals surface area (Å²) in [5, 5.41) is 0. The van der Waals surface area contributed by atoms with E-state index in [0.29, 0.717) is 24.7 Å². The van der Waals surface area contributed by atoms with Gasteiger partial charge >= 0.3 is 5.97 Å². The van der Waals surface area contributed by atoms with E-state index in [1.54, 1.807) is 19.1 Å². The van der Waals surface area contributed by atoms with E-state index in [-0.39, 0.29) is 5.76 Å². The summed E-state index contributed by atoms with van der Waals surface area (Å²) >= 11 is 5.51. The van der Waals surface area contributed by atoms with E-state index in [0.717, 1.165) is 0 Å². The number of furan rings is 1. The first kappa shape index (κ1) is 10.1. The summed E-state index contributed by atoms with van der Waals surface area (Å²) in [5.41, 5.74) is 0. The quantitative estimate of drug-likeness (QED) is 0.555. The number of hydrogen-bond acceptors (Lipinski definition) is 3. The van der Waals surface area contributed by atoms with E-state index in [9.17, 15) is 4.79 Å². The van der Waals surface area contributed by atoms with Gasteiger partial charge in [0, 0.05) is 12.3 Å². The fraction of sp³-hybridized carbons (Fsp3) is 0.444. The van der Waals surface area contributed by atoms with Crippen molar-refractivity contribution < 1.29 is 13.9 Å². The maximum absolute atomic E-state index is 11.1. The maximum Gasteiger partial charge on any atom is 0.374 e. The average molecular weight is 203 g/mol. The highest BCUT2D eigenvalue weighted by Crippen LogP contribution is 2.10. The third-order valence-corrected chi connectivity index (χ3v) is 1.67. The molecule has 0 aliphatic rings. The lowest BCUT2D eigenvalue weighted by Crippen LogP contribution is -2.02. The summed E-state index contributed by atoms with van der Waals surface area (Å²) in [4.78, 5) is 11.1. The normalized spacial score (nSPS) is 10.0. The number of ether oxygens (including phenoxy) is 1. The maximum atomic E-state index is 11.1. The number of alkyl halides is 1. The van der Waals surface area contributed by atoms with E-state index < -0.39 is 5.97 Å². The predicted octanol–water partition coefficient (Wildman–Crippen LogP) is 2.24. The van der Waals surface area contributed by atoms with Gasteiger partial charge in [-0.15, -0.1) is 11.6 Å². The minimum absolute atomic E-state index is 0.238. The molecule has 3 nitrogen and oxygen atoms in total. The van der Waals surface area contributed by atoms with Gasteiger partial charge in [-0.2, -0.15) is 0 Å². The summed E-state index contributed by atoms with van der Waals surface area (Å²) < 4.78 is 9.93. The molecule has 0 amide bonds. The topological polar surface area (TPSA) is 39.4 Å². The first-order chi connectivity index (χ1) is 6.27. The second-order valence-electron chi connectivity index (χ2n) is 2.43. The number of carbonyl (C=O) groups excluding carboxylic acids is 1. The van der Waals surface area contributed by atoms with Crippen molar-refractivity contribution in [2.45, 2.75) is 13.3 Å². The molecule has 0 aliphatic heterocycles. The molecule has 4 heteroatoms. The molecule has 0 fully saturated rings. The van der Waals surface area contributed by atoms with E-state index in [2.05, 4.69) is 0 Å². The Labute approximate surface area is 81.6 Å². The molecule has 72 valence electrons. The van der Waals surface area contributed by atoms with Crippen LogP contribution >= 0.6 is 11.6 Å². The van der Waals surface area contributed by atoms with Crippen LogP contribution in [0.2, 0.25) is 0 Å². The number of halogens is 1. The van der Waals surface area contributed by atoms with Gasteiger partial charge in [0.15, 0.2) is 0 Å². The standard InChI is InChI=1S/C9H11ClO3/c1-2-12-9(11)8-4-3-7(13-8)5-6-10/h3-4H,2,5-6H2,1H3. The van der Waals surface area contributed by atoms with Gasteiger partial charge in [-0.3, -0.25) is 0 Å². The number of aryl methyl sites for hydroxylation is 1. The van der Waals surface area contributed by atoms with Crippen LogP contribution in [0.25, 0.3) is 0 Å². The van der Waals surface area contributed by atoms with Crippen LogP contribution in [0, 0.1) is 0 Å². The highest BCUT2D eigenvalue weighted by atomic mass is 35.5. The Kier molecular flexibility index (Phi) is 3.83. The predicted molar refractivity (Wildman–Crippen MR) is 49.1 cm³/mol. The summed E-state index contributed by atoms with van der Waals surface area (Å²) in [7, 11) is 0. The molecule has 0 bridgehead atoms. The monoisotopic (exact) mass is 202 g/mol. The number of rotatable bonds is 4. The minimum Gasteiger partial charge on any atom is -0.460 e. The summed E-state index contributed by atoms with van der Waals surface area (Å²) in [6.07, 6.45) is 0.626. The molecule has 0 aromatic carbocycles. The SMILES string of the molecule is CCOC(=O)c1ccc(CCCl)o1. The van der Waals surface area contributed by atoms with E-state index in [4.69, 9.17) is 20.8 Å². The van der Waals surface area contributed by atoms with Crippen molar-refractivity contribution in [3.63, 3.8) is 0 Å². The molecule has 1 aromatic heterocycles. The zero-order chi connectivity index (χ0) is 9.68. The lowest BCUT2D eigenvalue weighted by atomic mass is 10.3. The average Bonchev–Trinajstić information content (AvgIpc) is 2.54. The van der Waals surface area contributed by atoms with Crippen LogP contribution in [0.1, 0.15) is 23.2 Å². The van der Waals surface area contributed by atoms with Gasteiger partial charge in [-0.1, -0.05) is 0 Å². The molecule has 0 atom stereocenters. The van der Waals surface area contributed by atoms with Gasteiger partial charge in [0.05, 0.1) is 6.61 Å². The molecule has 1 heterocycles. The first-order valence-corrected chi connectivity index (χ1v) is 4.63. The largest absolute Gasteiger partial charge is 0.460 e. The lowest BCUT2D eigenvalue weighted by molar-refractivity contribution is 0.0488. The van der Waals surface area contributed by atoms with Crippen LogP contribution in [-0.4, -0.2) is 18.5 Å². The van der Waals surface area contributed by atoms with Crippen LogP contribution in [-0.2, 0) is 11.2 Å². The van der Waals surface area contributed by atoms with E-state index in [1.807, 2.05) is 0 Å². The second-order valence-corrected chi connectivity index (χ2v) is 2.80. The Hall–Kier alpha value is -0.960. The van der Waals surface area contributed by atoms with Gasteiger partial charge in [-0.05, 0) is 19.1 Å². The van der Waals surface area contributed by atoms with Crippen molar-refractivity contribution >= 4 is 17.6 Å². The zero-order valence-corrected chi connectivity index (χ0v) is 8.13.